The highest BCUT2D eigenvalue weighted by molar-refractivity contribution is 5.73. The molecule has 4 unspecified atom stereocenters. The van der Waals surface area contributed by atoms with Crippen molar-refractivity contribution in [3.63, 3.8) is 0 Å². The molecule has 0 bridgehead atoms. The summed E-state index contributed by atoms with van der Waals surface area (Å²) in [5.74, 6) is 9.96. The van der Waals surface area contributed by atoms with Gasteiger partial charge in [-0.25, -0.2) is 8.78 Å². The summed E-state index contributed by atoms with van der Waals surface area (Å²) in [4.78, 5) is 24.9. The van der Waals surface area contributed by atoms with E-state index in [2.05, 4.69) is 34.6 Å². The molecule has 8 aliphatic rings. The Morgan fingerprint density at radius 3 is 0.919 bits per heavy atom. The molecular formula is C56H96F2O4. The van der Waals surface area contributed by atoms with E-state index in [1.165, 1.54) is 103 Å². The van der Waals surface area contributed by atoms with Crippen molar-refractivity contribution in [3.05, 3.63) is 0 Å². The molecule has 0 saturated heterocycles. The first-order valence-electron chi connectivity index (χ1n) is 27.5. The van der Waals surface area contributed by atoms with Gasteiger partial charge in [0.15, 0.2) is 6.17 Å². The first-order valence-corrected chi connectivity index (χ1v) is 27.5. The molecule has 0 spiro atoms. The first kappa shape index (κ1) is 50.2. The summed E-state index contributed by atoms with van der Waals surface area (Å²) in [6, 6.07) is 0. The summed E-state index contributed by atoms with van der Waals surface area (Å²) in [5.41, 5.74) is 0. The molecule has 8 rings (SSSR count). The van der Waals surface area contributed by atoms with Crippen LogP contribution in [0.5, 0.6) is 0 Å². The maximum atomic E-state index is 14.1. The molecule has 4 nitrogen and oxygen atoms in total. The third-order valence-corrected chi connectivity index (χ3v) is 19.1. The molecule has 0 aromatic rings. The molecule has 0 aliphatic heterocycles. The van der Waals surface area contributed by atoms with Crippen molar-refractivity contribution in [1.29, 1.82) is 0 Å². The predicted octanol–water partition coefficient (Wildman–Crippen LogP) is 16.0. The molecule has 62 heavy (non-hydrogen) atoms. The van der Waals surface area contributed by atoms with E-state index in [1.807, 2.05) is 0 Å². The van der Waals surface area contributed by atoms with Gasteiger partial charge in [0.25, 0.3) is 0 Å². The number of esters is 2. The van der Waals surface area contributed by atoms with Crippen molar-refractivity contribution < 1.29 is 27.8 Å². The SMILES string of the molecule is CC1CCC(C2CCC(C(=O)OC3CCC(C)C(F)C3F)CC2)CC1.CC1CCC(C2CCC(C)CC2)CC1.CC1CCC(OC(=O)C2CCC(C3CCC(C)CC3)CC2)CC1. The van der Waals surface area contributed by atoms with Crippen molar-refractivity contribution >= 4 is 11.9 Å². The van der Waals surface area contributed by atoms with Crippen LogP contribution in [0.25, 0.3) is 0 Å². The molecular weight excluding hydrogens is 775 g/mol. The minimum Gasteiger partial charge on any atom is -0.462 e. The highest BCUT2D eigenvalue weighted by Gasteiger charge is 2.42. The normalized spacial score (nSPS) is 44.3. The number of hydrogen-bond donors (Lipinski definition) is 0. The summed E-state index contributed by atoms with van der Waals surface area (Å²) in [7, 11) is 0. The minimum absolute atomic E-state index is 0.108. The summed E-state index contributed by atoms with van der Waals surface area (Å²) in [6.07, 6.45) is 33.7. The Bertz CT molecular complexity index is 1250. The summed E-state index contributed by atoms with van der Waals surface area (Å²) < 4.78 is 39.2. The van der Waals surface area contributed by atoms with Crippen LogP contribution in [0.1, 0.15) is 234 Å². The first-order chi connectivity index (χ1) is 29.8. The highest BCUT2D eigenvalue weighted by Crippen LogP contribution is 2.44. The zero-order valence-electron chi connectivity index (χ0n) is 41.0. The second kappa shape index (κ2) is 25.1. The summed E-state index contributed by atoms with van der Waals surface area (Å²) in [5, 5.41) is 0. The largest absolute Gasteiger partial charge is 0.462 e. The number of halogens is 2. The van der Waals surface area contributed by atoms with Gasteiger partial charge in [0, 0.05) is 0 Å². The Morgan fingerprint density at radius 1 is 0.323 bits per heavy atom. The highest BCUT2D eigenvalue weighted by atomic mass is 19.2. The van der Waals surface area contributed by atoms with Crippen LogP contribution < -0.4 is 0 Å². The fourth-order valence-electron chi connectivity index (χ4n) is 13.9. The van der Waals surface area contributed by atoms with Crippen molar-refractivity contribution in [2.75, 3.05) is 0 Å². The second-order valence-electron chi connectivity index (χ2n) is 24.0. The lowest BCUT2D eigenvalue weighted by Crippen LogP contribution is -2.43. The van der Waals surface area contributed by atoms with Gasteiger partial charge in [-0.3, -0.25) is 9.59 Å². The van der Waals surface area contributed by atoms with Gasteiger partial charge in [0.2, 0.25) is 0 Å². The smallest absolute Gasteiger partial charge is 0.309 e. The van der Waals surface area contributed by atoms with E-state index < -0.39 is 18.4 Å². The monoisotopic (exact) mass is 871 g/mol. The van der Waals surface area contributed by atoms with Crippen molar-refractivity contribution in [2.24, 2.45) is 82.9 Å². The Morgan fingerprint density at radius 2 is 0.597 bits per heavy atom. The van der Waals surface area contributed by atoms with Gasteiger partial charge in [-0.05, 0) is 212 Å². The molecule has 0 aromatic heterocycles. The van der Waals surface area contributed by atoms with E-state index in [0.29, 0.717) is 12.8 Å². The van der Waals surface area contributed by atoms with Crippen molar-refractivity contribution in [2.45, 2.75) is 259 Å². The van der Waals surface area contributed by atoms with E-state index in [9.17, 15) is 18.4 Å². The van der Waals surface area contributed by atoms with Gasteiger partial charge in [-0.15, -0.1) is 0 Å². The van der Waals surface area contributed by atoms with E-state index in [4.69, 9.17) is 9.47 Å². The lowest BCUT2D eigenvalue weighted by Gasteiger charge is -2.37. The molecule has 358 valence electrons. The molecule has 4 atom stereocenters. The molecule has 8 aliphatic carbocycles. The van der Waals surface area contributed by atoms with Gasteiger partial charge in [0.1, 0.15) is 18.4 Å². The third-order valence-electron chi connectivity index (χ3n) is 19.1. The van der Waals surface area contributed by atoms with Crippen LogP contribution in [0.2, 0.25) is 0 Å². The maximum Gasteiger partial charge on any atom is 0.309 e. The number of hydrogen-bond acceptors (Lipinski definition) is 4. The molecule has 6 heteroatoms. The summed E-state index contributed by atoms with van der Waals surface area (Å²) in [6.45, 7) is 13.6. The van der Waals surface area contributed by atoms with Crippen LogP contribution in [-0.2, 0) is 19.1 Å². The molecule has 8 saturated carbocycles. The Kier molecular flexibility index (Phi) is 20.3. The number of carbonyl (C=O) groups is 2. The lowest BCUT2D eigenvalue weighted by atomic mass is 9.69. The van der Waals surface area contributed by atoms with E-state index in [1.54, 1.807) is 32.6 Å². The molecule has 8 fully saturated rings. The van der Waals surface area contributed by atoms with Gasteiger partial charge >= 0.3 is 11.9 Å². The van der Waals surface area contributed by atoms with Crippen LogP contribution >= 0.6 is 0 Å². The Balaban J connectivity index is 0.000000161. The van der Waals surface area contributed by atoms with Crippen LogP contribution in [0.3, 0.4) is 0 Å². The zero-order chi connectivity index (χ0) is 44.2. The predicted molar refractivity (Wildman–Crippen MR) is 251 cm³/mol. The lowest BCUT2D eigenvalue weighted by molar-refractivity contribution is -0.165. The molecule has 0 aromatic carbocycles. The quantitative estimate of drug-likeness (QED) is 0.239. The van der Waals surface area contributed by atoms with E-state index in [0.717, 1.165) is 116 Å². The average molecular weight is 871 g/mol. The topological polar surface area (TPSA) is 52.6 Å². The fourth-order valence-corrected chi connectivity index (χ4v) is 13.9. The van der Waals surface area contributed by atoms with Crippen LogP contribution in [0.4, 0.5) is 8.78 Å². The Labute approximate surface area is 380 Å². The standard InChI is InChI=1S/C21H34F2O2.C21H36O2.C14H26/c1-13-3-6-15(7-4-13)16-8-10-17(11-9-16)21(24)25-18-12-5-14(2)19(22)20(18)23;1-15-3-7-17(8-4-15)18-9-11-19(12-10-18)21(22)23-20-13-5-16(2)6-14-20;1-11-3-7-13(8-4-11)14-9-5-12(2)6-10-14/h13-20H,3-12H2,1-2H3;15-20H,3-14H2,1-2H3;11-14H,3-10H2,1-2H3. The van der Waals surface area contributed by atoms with Crippen LogP contribution in [-0.4, -0.2) is 36.5 Å². The minimum atomic E-state index is -1.66. The van der Waals surface area contributed by atoms with Gasteiger partial charge in [-0.1, -0.05) is 92.9 Å². The fraction of sp³-hybridized carbons (Fsp3) is 0.964. The molecule has 0 radical (unpaired) electrons. The van der Waals surface area contributed by atoms with Gasteiger partial charge in [0.05, 0.1) is 11.8 Å². The van der Waals surface area contributed by atoms with Crippen LogP contribution in [0.15, 0.2) is 0 Å². The average Bonchev–Trinajstić information content (AvgIpc) is 3.29. The molecule has 0 N–H and O–H groups in total. The van der Waals surface area contributed by atoms with Crippen LogP contribution in [0, 0.1) is 82.9 Å². The number of ether oxygens (including phenoxy) is 2. The second-order valence-corrected chi connectivity index (χ2v) is 24.0. The van der Waals surface area contributed by atoms with E-state index >= 15 is 0 Å². The van der Waals surface area contributed by atoms with Crippen molar-refractivity contribution in [3.8, 4) is 0 Å². The maximum absolute atomic E-state index is 14.1. The van der Waals surface area contributed by atoms with Gasteiger partial charge < -0.3 is 9.47 Å². The van der Waals surface area contributed by atoms with Crippen molar-refractivity contribution in [1.82, 2.24) is 0 Å². The van der Waals surface area contributed by atoms with Gasteiger partial charge in [-0.2, -0.15) is 0 Å². The molecule has 0 amide bonds. The Hall–Kier alpha value is -1.20. The zero-order valence-corrected chi connectivity index (χ0v) is 41.0. The number of rotatable bonds is 7. The molecule has 0 heterocycles. The number of carbonyl (C=O) groups excluding carboxylic acids is 2. The third kappa shape index (κ3) is 15.2. The summed E-state index contributed by atoms with van der Waals surface area (Å²) >= 11 is 0. The van der Waals surface area contributed by atoms with E-state index in [-0.39, 0.29) is 35.8 Å². The number of alkyl halides is 2.